The SMILES string of the molecule is CC(C)CC1COCCN1C(=O)CCc1nc(-c2ccccc2)c(-c2ccccc2)o1. The molecule has 5 heteroatoms. The quantitative estimate of drug-likeness (QED) is 0.528. The maximum absolute atomic E-state index is 13.0. The van der Waals surface area contributed by atoms with Gasteiger partial charge in [-0.1, -0.05) is 74.5 Å². The fraction of sp³-hybridized carbons (Fsp3) is 0.385. The van der Waals surface area contributed by atoms with Gasteiger partial charge in [-0.05, 0) is 12.3 Å². The molecule has 3 aromatic rings. The van der Waals surface area contributed by atoms with Crippen LogP contribution in [0.2, 0.25) is 0 Å². The van der Waals surface area contributed by atoms with Crippen LogP contribution in [0.25, 0.3) is 22.6 Å². The number of rotatable bonds is 7. The van der Waals surface area contributed by atoms with Crippen molar-refractivity contribution in [1.82, 2.24) is 9.88 Å². The van der Waals surface area contributed by atoms with E-state index in [-0.39, 0.29) is 11.9 Å². The molecule has 1 aliphatic rings. The van der Waals surface area contributed by atoms with E-state index in [9.17, 15) is 4.79 Å². The van der Waals surface area contributed by atoms with E-state index in [0.29, 0.717) is 44.4 Å². The number of ether oxygens (including phenoxy) is 1. The van der Waals surface area contributed by atoms with Crippen LogP contribution in [0.15, 0.2) is 65.1 Å². The number of hydrogen-bond acceptors (Lipinski definition) is 4. The normalized spacial score (nSPS) is 16.6. The Labute approximate surface area is 184 Å². The van der Waals surface area contributed by atoms with Crippen LogP contribution in [0.5, 0.6) is 0 Å². The van der Waals surface area contributed by atoms with E-state index in [2.05, 4.69) is 13.8 Å². The van der Waals surface area contributed by atoms with Crippen molar-refractivity contribution in [1.29, 1.82) is 0 Å². The Bertz CT molecular complexity index is 925. The molecule has 1 aliphatic heterocycles. The van der Waals surface area contributed by atoms with Crippen molar-refractivity contribution in [3.05, 3.63) is 66.6 Å². The highest BCUT2D eigenvalue weighted by Gasteiger charge is 2.28. The first-order valence-electron chi connectivity index (χ1n) is 11.1. The number of morpholine rings is 1. The average molecular weight is 419 g/mol. The number of carbonyl (C=O) groups is 1. The number of nitrogens with zero attached hydrogens (tertiary/aromatic N) is 2. The van der Waals surface area contributed by atoms with Crippen molar-refractivity contribution in [2.75, 3.05) is 19.8 Å². The van der Waals surface area contributed by atoms with Gasteiger partial charge in [-0.2, -0.15) is 0 Å². The first-order chi connectivity index (χ1) is 15.1. The number of aryl methyl sites for hydroxylation is 1. The van der Waals surface area contributed by atoms with Crippen LogP contribution in [0.3, 0.4) is 0 Å². The molecule has 2 aromatic carbocycles. The average Bonchev–Trinajstić information content (AvgIpc) is 3.23. The van der Waals surface area contributed by atoms with Gasteiger partial charge in [0.25, 0.3) is 0 Å². The first kappa shape index (κ1) is 21.3. The van der Waals surface area contributed by atoms with Crippen molar-refractivity contribution in [2.24, 2.45) is 5.92 Å². The first-order valence-corrected chi connectivity index (χ1v) is 11.1. The molecule has 162 valence electrons. The van der Waals surface area contributed by atoms with Gasteiger partial charge in [0.15, 0.2) is 11.7 Å². The van der Waals surface area contributed by atoms with Gasteiger partial charge in [-0.15, -0.1) is 0 Å². The van der Waals surface area contributed by atoms with E-state index in [1.54, 1.807) is 0 Å². The highest BCUT2D eigenvalue weighted by molar-refractivity contribution is 5.78. The Kier molecular flexibility index (Phi) is 6.82. The summed E-state index contributed by atoms with van der Waals surface area (Å²) in [7, 11) is 0. The molecular weight excluding hydrogens is 388 g/mol. The predicted molar refractivity (Wildman–Crippen MR) is 121 cm³/mol. The second-order valence-electron chi connectivity index (χ2n) is 8.46. The fourth-order valence-corrected chi connectivity index (χ4v) is 4.13. The Morgan fingerprint density at radius 1 is 1.06 bits per heavy atom. The second-order valence-corrected chi connectivity index (χ2v) is 8.46. The third-order valence-electron chi connectivity index (χ3n) is 5.60. The van der Waals surface area contributed by atoms with Crippen molar-refractivity contribution in [2.45, 2.75) is 39.2 Å². The molecule has 1 amide bonds. The predicted octanol–water partition coefficient (Wildman–Crippen LogP) is 5.21. The number of carbonyl (C=O) groups excluding carboxylic acids is 1. The highest BCUT2D eigenvalue weighted by atomic mass is 16.5. The molecule has 2 heterocycles. The number of aromatic nitrogens is 1. The number of oxazole rings is 1. The molecule has 0 radical (unpaired) electrons. The van der Waals surface area contributed by atoms with Crippen LogP contribution in [-0.4, -0.2) is 41.6 Å². The summed E-state index contributed by atoms with van der Waals surface area (Å²) in [6, 6.07) is 20.2. The molecular formula is C26H30N2O3. The zero-order valence-corrected chi connectivity index (χ0v) is 18.3. The summed E-state index contributed by atoms with van der Waals surface area (Å²) in [5.41, 5.74) is 2.81. The lowest BCUT2D eigenvalue weighted by Gasteiger charge is -2.36. The smallest absolute Gasteiger partial charge is 0.223 e. The molecule has 1 saturated heterocycles. The molecule has 1 fully saturated rings. The van der Waals surface area contributed by atoms with Gasteiger partial charge in [0.2, 0.25) is 5.91 Å². The molecule has 4 rings (SSSR count). The monoisotopic (exact) mass is 418 g/mol. The van der Waals surface area contributed by atoms with E-state index in [1.807, 2.05) is 65.6 Å². The van der Waals surface area contributed by atoms with Crippen LogP contribution in [-0.2, 0) is 16.0 Å². The Hall–Kier alpha value is -2.92. The van der Waals surface area contributed by atoms with Crippen LogP contribution >= 0.6 is 0 Å². The van der Waals surface area contributed by atoms with E-state index in [1.165, 1.54) is 0 Å². The third-order valence-corrected chi connectivity index (χ3v) is 5.60. The lowest BCUT2D eigenvalue weighted by molar-refractivity contribution is -0.140. The Balaban J connectivity index is 1.52. The van der Waals surface area contributed by atoms with Gasteiger partial charge in [0, 0.05) is 30.5 Å². The second kappa shape index (κ2) is 9.92. The summed E-state index contributed by atoms with van der Waals surface area (Å²) in [6.07, 6.45) is 1.83. The summed E-state index contributed by atoms with van der Waals surface area (Å²) in [5.74, 6) is 2.02. The van der Waals surface area contributed by atoms with E-state index in [4.69, 9.17) is 14.1 Å². The maximum Gasteiger partial charge on any atom is 0.223 e. The van der Waals surface area contributed by atoms with Gasteiger partial charge in [-0.3, -0.25) is 4.79 Å². The zero-order chi connectivity index (χ0) is 21.6. The van der Waals surface area contributed by atoms with E-state index < -0.39 is 0 Å². The van der Waals surface area contributed by atoms with Gasteiger partial charge >= 0.3 is 0 Å². The topological polar surface area (TPSA) is 55.6 Å². The lowest BCUT2D eigenvalue weighted by atomic mass is 10.0. The molecule has 0 N–H and O–H groups in total. The molecule has 1 aromatic heterocycles. The Morgan fingerprint density at radius 3 is 2.42 bits per heavy atom. The molecule has 0 aliphatic carbocycles. The minimum atomic E-state index is 0.148. The van der Waals surface area contributed by atoms with Gasteiger partial charge < -0.3 is 14.1 Å². The van der Waals surface area contributed by atoms with Crippen LogP contribution in [0.1, 0.15) is 32.6 Å². The maximum atomic E-state index is 13.0. The van der Waals surface area contributed by atoms with Crippen LogP contribution in [0.4, 0.5) is 0 Å². The highest BCUT2D eigenvalue weighted by Crippen LogP contribution is 2.33. The minimum absolute atomic E-state index is 0.148. The summed E-state index contributed by atoms with van der Waals surface area (Å²) >= 11 is 0. The van der Waals surface area contributed by atoms with Crippen LogP contribution in [0, 0.1) is 5.92 Å². The van der Waals surface area contributed by atoms with E-state index >= 15 is 0 Å². The Morgan fingerprint density at radius 2 is 1.74 bits per heavy atom. The van der Waals surface area contributed by atoms with Gasteiger partial charge in [-0.25, -0.2) is 4.98 Å². The molecule has 5 nitrogen and oxygen atoms in total. The van der Waals surface area contributed by atoms with Gasteiger partial charge in [0.05, 0.1) is 19.3 Å². The van der Waals surface area contributed by atoms with Crippen molar-refractivity contribution in [3.8, 4) is 22.6 Å². The number of amides is 1. The summed E-state index contributed by atoms with van der Waals surface area (Å²) in [4.78, 5) is 19.8. The molecule has 0 spiro atoms. The molecule has 1 atom stereocenters. The summed E-state index contributed by atoms with van der Waals surface area (Å²) in [6.45, 7) is 6.25. The minimum Gasteiger partial charge on any atom is -0.440 e. The zero-order valence-electron chi connectivity index (χ0n) is 18.3. The molecule has 0 bridgehead atoms. The van der Waals surface area contributed by atoms with Crippen molar-refractivity contribution < 1.29 is 13.9 Å². The molecule has 31 heavy (non-hydrogen) atoms. The van der Waals surface area contributed by atoms with E-state index in [0.717, 1.165) is 29.0 Å². The van der Waals surface area contributed by atoms with Crippen LogP contribution < -0.4 is 0 Å². The van der Waals surface area contributed by atoms with Gasteiger partial charge in [0.1, 0.15) is 5.69 Å². The molecule has 0 saturated carbocycles. The third kappa shape index (κ3) is 5.23. The fourth-order valence-electron chi connectivity index (χ4n) is 4.13. The summed E-state index contributed by atoms with van der Waals surface area (Å²) in [5, 5.41) is 0. The van der Waals surface area contributed by atoms with Crippen molar-refractivity contribution >= 4 is 5.91 Å². The number of hydrogen-bond donors (Lipinski definition) is 0. The standard InChI is InChI=1S/C26H30N2O3/c1-19(2)17-22-18-30-16-15-28(22)24(29)14-13-23-27-25(20-9-5-3-6-10-20)26(31-23)21-11-7-4-8-12-21/h3-12,19,22H,13-18H2,1-2H3. The number of benzene rings is 2. The lowest BCUT2D eigenvalue weighted by Crippen LogP contribution is -2.49. The van der Waals surface area contributed by atoms with Crippen molar-refractivity contribution in [3.63, 3.8) is 0 Å². The molecule has 1 unspecified atom stereocenters. The summed E-state index contributed by atoms with van der Waals surface area (Å²) < 4.78 is 11.8. The largest absolute Gasteiger partial charge is 0.440 e.